The molecule has 0 spiro atoms. The van der Waals surface area contributed by atoms with E-state index in [4.69, 9.17) is 21.1 Å². The van der Waals surface area contributed by atoms with E-state index in [1.54, 1.807) is 25.3 Å². The van der Waals surface area contributed by atoms with Gasteiger partial charge in [0.2, 0.25) is 0 Å². The quantitative estimate of drug-likeness (QED) is 0.925. The van der Waals surface area contributed by atoms with E-state index in [1.165, 1.54) is 0 Å². The third-order valence-electron chi connectivity index (χ3n) is 3.34. The molecule has 2 rings (SSSR count). The van der Waals surface area contributed by atoms with Crippen LogP contribution in [0.2, 0.25) is 5.02 Å². The molecule has 1 aromatic rings. The van der Waals surface area contributed by atoms with Crippen LogP contribution in [0.25, 0.3) is 0 Å². The van der Waals surface area contributed by atoms with Gasteiger partial charge >= 0.3 is 0 Å². The Bertz CT molecular complexity index is 464. The van der Waals surface area contributed by atoms with Crippen LogP contribution in [-0.4, -0.2) is 38.4 Å². The molecule has 0 aromatic heterocycles. The zero-order chi connectivity index (χ0) is 13.8. The fourth-order valence-corrected chi connectivity index (χ4v) is 2.26. The van der Waals surface area contributed by atoms with Crippen molar-refractivity contribution in [2.75, 3.05) is 20.3 Å². The van der Waals surface area contributed by atoms with Crippen LogP contribution in [0.5, 0.6) is 0 Å². The van der Waals surface area contributed by atoms with Crippen molar-refractivity contribution in [3.8, 4) is 0 Å². The summed E-state index contributed by atoms with van der Waals surface area (Å²) in [6.45, 7) is 3.04. The topological polar surface area (TPSA) is 47.6 Å². The van der Waals surface area contributed by atoms with Crippen molar-refractivity contribution in [1.82, 2.24) is 5.32 Å². The molecule has 1 aromatic carbocycles. The van der Waals surface area contributed by atoms with Crippen LogP contribution in [0.15, 0.2) is 18.2 Å². The fraction of sp³-hybridized carbons (Fsp3) is 0.500. The van der Waals surface area contributed by atoms with E-state index in [9.17, 15) is 4.79 Å². The highest BCUT2D eigenvalue weighted by Gasteiger charge is 2.27. The normalized spacial score (nSPS) is 23.1. The molecule has 0 radical (unpaired) electrons. The highest BCUT2D eigenvalue weighted by atomic mass is 35.5. The molecule has 0 aliphatic carbocycles. The minimum atomic E-state index is -0.103. The number of hydrogen-bond acceptors (Lipinski definition) is 3. The number of carbonyl (C=O) groups excluding carboxylic acids is 1. The van der Waals surface area contributed by atoms with E-state index in [0.717, 1.165) is 12.0 Å². The highest BCUT2D eigenvalue weighted by Crippen LogP contribution is 2.17. The number of halogens is 1. The van der Waals surface area contributed by atoms with Gasteiger partial charge in [-0.05, 0) is 37.1 Å². The smallest absolute Gasteiger partial charge is 0.251 e. The Hall–Kier alpha value is -1.10. The largest absolute Gasteiger partial charge is 0.379 e. The number of nitrogens with one attached hydrogen (secondary N) is 1. The summed E-state index contributed by atoms with van der Waals surface area (Å²) in [6.07, 6.45) is 0.669. The number of methoxy groups -OCH3 is 1. The van der Waals surface area contributed by atoms with E-state index < -0.39 is 0 Å². The Balaban J connectivity index is 2.05. The average molecular weight is 284 g/mol. The predicted octanol–water partition coefficient (Wildman–Crippen LogP) is 2.18. The zero-order valence-electron chi connectivity index (χ0n) is 11.1. The Morgan fingerprint density at radius 1 is 1.53 bits per heavy atom. The number of aryl methyl sites for hydroxylation is 1. The van der Waals surface area contributed by atoms with Crippen LogP contribution in [0.3, 0.4) is 0 Å². The van der Waals surface area contributed by atoms with Crippen LogP contribution < -0.4 is 5.32 Å². The summed E-state index contributed by atoms with van der Waals surface area (Å²) in [7, 11) is 1.63. The number of benzene rings is 1. The molecular formula is C14H18ClNO3. The molecule has 1 aliphatic heterocycles. The second kappa shape index (κ2) is 6.37. The molecule has 1 saturated heterocycles. The van der Waals surface area contributed by atoms with E-state index in [0.29, 0.717) is 23.8 Å². The van der Waals surface area contributed by atoms with Crippen molar-refractivity contribution in [1.29, 1.82) is 0 Å². The van der Waals surface area contributed by atoms with Gasteiger partial charge in [-0.3, -0.25) is 4.79 Å². The molecule has 19 heavy (non-hydrogen) atoms. The van der Waals surface area contributed by atoms with Crippen LogP contribution in [-0.2, 0) is 9.47 Å². The monoisotopic (exact) mass is 283 g/mol. The number of carbonyl (C=O) groups is 1. The van der Waals surface area contributed by atoms with Gasteiger partial charge in [-0.1, -0.05) is 11.6 Å². The fourth-order valence-electron chi connectivity index (χ4n) is 2.15. The predicted molar refractivity (Wildman–Crippen MR) is 73.7 cm³/mol. The first-order valence-electron chi connectivity index (χ1n) is 6.29. The minimum Gasteiger partial charge on any atom is -0.379 e. The van der Waals surface area contributed by atoms with Crippen molar-refractivity contribution >= 4 is 17.5 Å². The molecule has 0 unspecified atom stereocenters. The zero-order valence-corrected chi connectivity index (χ0v) is 11.9. The number of rotatable bonds is 3. The third kappa shape index (κ3) is 3.47. The standard InChI is InChI=1S/C14H18ClNO3/c1-9-7-10(3-4-11(9)15)14(17)16-12-5-6-19-8-13(12)18-2/h3-4,7,12-13H,5-6,8H2,1-2H3,(H,16,17)/t12-,13-/m1/s1. The lowest BCUT2D eigenvalue weighted by Gasteiger charge is -2.31. The van der Waals surface area contributed by atoms with Crippen molar-refractivity contribution in [2.24, 2.45) is 0 Å². The molecule has 1 N–H and O–H groups in total. The molecule has 5 heteroatoms. The summed E-state index contributed by atoms with van der Waals surface area (Å²) in [5, 5.41) is 3.66. The lowest BCUT2D eigenvalue weighted by Crippen LogP contribution is -2.49. The first-order chi connectivity index (χ1) is 9.11. The van der Waals surface area contributed by atoms with E-state index >= 15 is 0 Å². The van der Waals surface area contributed by atoms with Crippen molar-refractivity contribution in [3.63, 3.8) is 0 Å². The van der Waals surface area contributed by atoms with Crippen molar-refractivity contribution in [3.05, 3.63) is 34.3 Å². The summed E-state index contributed by atoms with van der Waals surface area (Å²) >= 11 is 5.95. The first-order valence-corrected chi connectivity index (χ1v) is 6.67. The summed E-state index contributed by atoms with van der Waals surface area (Å²) in [4.78, 5) is 12.2. The summed E-state index contributed by atoms with van der Waals surface area (Å²) in [6, 6.07) is 5.25. The second-order valence-electron chi connectivity index (χ2n) is 4.68. The van der Waals surface area contributed by atoms with Gasteiger partial charge in [0.05, 0.1) is 12.6 Å². The Morgan fingerprint density at radius 2 is 2.32 bits per heavy atom. The van der Waals surface area contributed by atoms with E-state index in [1.807, 2.05) is 6.92 Å². The minimum absolute atomic E-state index is 0.0118. The van der Waals surface area contributed by atoms with Crippen molar-refractivity contribution in [2.45, 2.75) is 25.5 Å². The van der Waals surface area contributed by atoms with E-state index in [2.05, 4.69) is 5.32 Å². The lowest BCUT2D eigenvalue weighted by atomic mass is 10.0. The Morgan fingerprint density at radius 3 is 3.00 bits per heavy atom. The third-order valence-corrected chi connectivity index (χ3v) is 3.77. The molecule has 1 fully saturated rings. The second-order valence-corrected chi connectivity index (χ2v) is 5.09. The molecule has 104 valence electrons. The molecule has 0 saturated carbocycles. The molecular weight excluding hydrogens is 266 g/mol. The van der Waals surface area contributed by atoms with Gasteiger partial charge in [0.15, 0.2) is 0 Å². The van der Waals surface area contributed by atoms with Crippen LogP contribution in [0.1, 0.15) is 22.3 Å². The number of hydrogen-bond donors (Lipinski definition) is 1. The van der Waals surface area contributed by atoms with Gasteiger partial charge in [-0.25, -0.2) is 0 Å². The molecule has 2 atom stereocenters. The van der Waals surface area contributed by atoms with E-state index in [-0.39, 0.29) is 18.1 Å². The number of ether oxygens (including phenoxy) is 2. The van der Waals surface area contributed by atoms with Crippen LogP contribution in [0.4, 0.5) is 0 Å². The first kappa shape index (κ1) is 14.3. The number of amides is 1. The SMILES string of the molecule is CO[C@@H]1COCC[C@H]1NC(=O)c1ccc(Cl)c(C)c1. The van der Waals surface area contributed by atoms with Crippen LogP contribution in [0, 0.1) is 6.92 Å². The van der Waals surface area contributed by atoms with Gasteiger partial charge in [0.1, 0.15) is 6.10 Å². The summed E-state index contributed by atoms with van der Waals surface area (Å²) in [5.74, 6) is -0.103. The van der Waals surface area contributed by atoms with Gasteiger partial charge < -0.3 is 14.8 Å². The molecule has 1 heterocycles. The lowest BCUT2D eigenvalue weighted by molar-refractivity contribution is -0.0479. The molecule has 4 nitrogen and oxygen atoms in total. The van der Waals surface area contributed by atoms with Crippen molar-refractivity contribution < 1.29 is 14.3 Å². The maximum Gasteiger partial charge on any atom is 0.251 e. The molecule has 1 aliphatic rings. The highest BCUT2D eigenvalue weighted by molar-refractivity contribution is 6.31. The Kier molecular flexibility index (Phi) is 4.80. The van der Waals surface area contributed by atoms with Gasteiger partial charge in [0, 0.05) is 24.3 Å². The molecule has 1 amide bonds. The average Bonchev–Trinajstić information content (AvgIpc) is 2.42. The summed E-state index contributed by atoms with van der Waals surface area (Å²) < 4.78 is 10.7. The van der Waals surface area contributed by atoms with Gasteiger partial charge in [-0.2, -0.15) is 0 Å². The van der Waals surface area contributed by atoms with Gasteiger partial charge in [0.25, 0.3) is 5.91 Å². The maximum absolute atomic E-state index is 12.2. The van der Waals surface area contributed by atoms with Gasteiger partial charge in [-0.15, -0.1) is 0 Å². The maximum atomic E-state index is 12.2. The molecule has 0 bridgehead atoms. The summed E-state index contributed by atoms with van der Waals surface area (Å²) in [5.41, 5.74) is 1.51. The van der Waals surface area contributed by atoms with Crippen LogP contribution >= 0.6 is 11.6 Å². The Labute approximate surface area is 118 Å².